The Hall–Kier alpha value is -5.26. The third-order valence-electron chi connectivity index (χ3n) is 6.19. The number of methoxy groups -OCH3 is 2. The number of nitrogens with zero attached hydrogens (tertiary/aromatic N) is 2. The molecule has 40 heavy (non-hydrogen) atoms. The number of aliphatic carboxylic acids is 1. The zero-order valence-corrected chi connectivity index (χ0v) is 21.9. The molecule has 0 fully saturated rings. The maximum Gasteiger partial charge on any atom is 0.308 e. The van der Waals surface area contributed by atoms with Gasteiger partial charge in [-0.15, -0.1) is 0 Å². The predicted octanol–water partition coefficient (Wildman–Crippen LogP) is 2.31. The second kappa shape index (κ2) is 12.1. The molecule has 2 amide bonds. The molecule has 0 saturated carbocycles. The Morgan fingerprint density at radius 2 is 1.68 bits per heavy atom. The summed E-state index contributed by atoms with van der Waals surface area (Å²) in [5.74, 6) is -2.47. The van der Waals surface area contributed by atoms with Crippen molar-refractivity contribution in [1.29, 1.82) is 0 Å². The van der Waals surface area contributed by atoms with E-state index in [1.54, 1.807) is 56.7 Å². The van der Waals surface area contributed by atoms with Crippen molar-refractivity contribution < 1.29 is 29.0 Å². The number of carboxylic acid groups (broad SMARTS) is 1. The van der Waals surface area contributed by atoms with Crippen LogP contribution in [0.2, 0.25) is 0 Å². The summed E-state index contributed by atoms with van der Waals surface area (Å²) in [6.45, 7) is 1.27. The number of carbonyl (C=O) groups is 3. The molecule has 0 aliphatic heterocycles. The Labute approximate surface area is 228 Å². The van der Waals surface area contributed by atoms with Gasteiger partial charge in [-0.3, -0.25) is 24.2 Å². The first-order valence-electron chi connectivity index (χ1n) is 12.2. The molecular weight excluding hydrogens is 518 g/mol. The fourth-order valence-corrected chi connectivity index (χ4v) is 3.83. The molecule has 0 bridgehead atoms. The maximum atomic E-state index is 13.3. The summed E-state index contributed by atoms with van der Waals surface area (Å²) in [6.07, 6.45) is 0.995. The monoisotopic (exact) mass is 545 g/mol. The van der Waals surface area contributed by atoms with Gasteiger partial charge in [0.2, 0.25) is 0 Å². The molecule has 2 aromatic heterocycles. The molecule has 0 aliphatic carbocycles. The highest BCUT2D eigenvalue weighted by molar-refractivity contribution is 5.95. The van der Waals surface area contributed by atoms with E-state index < -0.39 is 35.3 Å². The lowest BCUT2D eigenvalue weighted by atomic mass is 10.0. The molecule has 2 heterocycles. The van der Waals surface area contributed by atoms with Crippen LogP contribution in [0, 0.1) is 5.92 Å². The molecule has 4 aromatic rings. The molecule has 1 unspecified atom stereocenters. The molecule has 4 N–H and O–H groups in total. The van der Waals surface area contributed by atoms with Crippen LogP contribution >= 0.6 is 0 Å². The van der Waals surface area contributed by atoms with Crippen molar-refractivity contribution in [3.63, 3.8) is 0 Å². The number of benzene rings is 2. The fraction of sp³-hybridized carbons (Fsp3) is 0.214. The number of hydrogen-bond acceptors (Lipinski definition) is 8. The van der Waals surface area contributed by atoms with E-state index in [2.05, 4.69) is 20.6 Å². The molecule has 4 rings (SSSR count). The number of pyridine rings is 1. The van der Waals surface area contributed by atoms with E-state index in [0.29, 0.717) is 28.3 Å². The molecular formula is C28H27N5O7. The van der Waals surface area contributed by atoms with Crippen LogP contribution in [-0.2, 0) is 4.79 Å². The van der Waals surface area contributed by atoms with Crippen molar-refractivity contribution >= 4 is 28.7 Å². The van der Waals surface area contributed by atoms with Gasteiger partial charge in [-0.2, -0.15) is 0 Å². The van der Waals surface area contributed by atoms with Crippen LogP contribution in [0.3, 0.4) is 0 Å². The maximum absolute atomic E-state index is 13.3. The molecule has 0 radical (unpaired) electrons. The first-order valence-corrected chi connectivity index (χ1v) is 12.2. The Bertz CT molecular complexity index is 1620. The normalized spacial score (nSPS) is 12.3. The van der Waals surface area contributed by atoms with Gasteiger partial charge in [0.05, 0.1) is 37.4 Å². The Morgan fingerprint density at radius 1 is 0.975 bits per heavy atom. The van der Waals surface area contributed by atoms with Crippen molar-refractivity contribution in [3.05, 3.63) is 93.8 Å². The van der Waals surface area contributed by atoms with Gasteiger partial charge in [-0.25, -0.2) is 4.98 Å². The van der Waals surface area contributed by atoms with Crippen molar-refractivity contribution in [2.45, 2.75) is 13.0 Å². The molecule has 2 atom stereocenters. The number of nitrogens with one attached hydrogen (secondary N) is 3. The number of carboxylic acids is 1. The number of aromatic nitrogens is 3. The summed E-state index contributed by atoms with van der Waals surface area (Å²) in [6, 6.07) is 15.4. The molecule has 0 spiro atoms. The summed E-state index contributed by atoms with van der Waals surface area (Å²) >= 11 is 0. The highest BCUT2D eigenvalue weighted by atomic mass is 16.5. The predicted molar refractivity (Wildman–Crippen MR) is 145 cm³/mol. The Balaban J connectivity index is 1.62. The van der Waals surface area contributed by atoms with Crippen molar-refractivity contribution in [2.75, 3.05) is 20.8 Å². The minimum atomic E-state index is -1.08. The lowest BCUT2D eigenvalue weighted by Crippen LogP contribution is -2.36. The van der Waals surface area contributed by atoms with Crippen LogP contribution in [0.25, 0.3) is 10.9 Å². The van der Waals surface area contributed by atoms with Gasteiger partial charge in [-0.05, 0) is 42.0 Å². The van der Waals surface area contributed by atoms with E-state index in [4.69, 9.17) is 19.6 Å². The van der Waals surface area contributed by atoms with E-state index in [9.17, 15) is 19.2 Å². The Morgan fingerprint density at radius 3 is 2.33 bits per heavy atom. The molecule has 2 aromatic carbocycles. The highest BCUT2D eigenvalue weighted by Crippen LogP contribution is 2.26. The van der Waals surface area contributed by atoms with Crippen molar-refractivity contribution in [2.24, 2.45) is 5.92 Å². The third kappa shape index (κ3) is 6.23. The zero-order chi connectivity index (χ0) is 28.8. The number of carbonyl (C=O) groups excluding carboxylic acids is 2. The average Bonchev–Trinajstić information content (AvgIpc) is 2.97. The second-order valence-electron chi connectivity index (χ2n) is 8.90. The van der Waals surface area contributed by atoms with Gasteiger partial charge in [-0.1, -0.05) is 25.1 Å². The summed E-state index contributed by atoms with van der Waals surface area (Å²) in [5, 5.41) is 15.0. The standard InChI is InChI=1S/C28H27N5O7/c1-15(28(37)38)13-30-27(36)24-29-14-20(26(35)33-24)25(34)32-23(16-4-7-18(39-2)8-5-16)22-10-6-17-12-19(40-3)9-11-21(17)31-22/h4-12,14-15,23H,13H2,1-3H3,(H,30,36)(H,32,34)(H,37,38)(H,29,33,35)/t15-,23?/m1/s1. The lowest BCUT2D eigenvalue weighted by molar-refractivity contribution is -0.140. The van der Waals surface area contributed by atoms with Gasteiger partial charge in [0, 0.05) is 18.1 Å². The third-order valence-corrected chi connectivity index (χ3v) is 6.19. The summed E-state index contributed by atoms with van der Waals surface area (Å²) in [7, 11) is 3.12. The van der Waals surface area contributed by atoms with Crippen LogP contribution < -0.4 is 25.7 Å². The quantitative estimate of drug-likeness (QED) is 0.233. The molecule has 12 heteroatoms. The van der Waals surface area contributed by atoms with Crippen molar-refractivity contribution in [3.8, 4) is 11.5 Å². The Kier molecular flexibility index (Phi) is 8.38. The number of amides is 2. The minimum Gasteiger partial charge on any atom is -0.497 e. The SMILES string of the molecule is COc1ccc(C(NC(=O)c2cnc(C(=O)NC[C@@H](C)C(=O)O)[nH]c2=O)c2ccc3cc(OC)ccc3n2)cc1. The van der Waals surface area contributed by atoms with E-state index in [1.165, 1.54) is 6.92 Å². The van der Waals surface area contributed by atoms with Crippen LogP contribution in [-0.4, -0.2) is 58.6 Å². The smallest absolute Gasteiger partial charge is 0.308 e. The first kappa shape index (κ1) is 27.8. The van der Waals surface area contributed by atoms with E-state index in [1.807, 2.05) is 12.1 Å². The number of ether oxygens (including phenoxy) is 2. The number of hydrogen-bond donors (Lipinski definition) is 4. The lowest BCUT2D eigenvalue weighted by Gasteiger charge is -2.20. The number of rotatable bonds is 10. The van der Waals surface area contributed by atoms with E-state index in [0.717, 1.165) is 11.6 Å². The number of H-pyrrole nitrogens is 1. The van der Waals surface area contributed by atoms with Crippen LogP contribution in [0.5, 0.6) is 11.5 Å². The van der Waals surface area contributed by atoms with Gasteiger partial charge in [0.1, 0.15) is 17.1 Å². The zero-order valence-electron chi connectivity index (χ0n) is 21.9. The minimum absolute atomic E-state index is 0.158. The second-order valence-corrected chi connectivity index (χ2v) is 8.90. The molecule has 206 valence electrons. The first-order chi connectivity index (χ1) is 19.2. The van der Waals surface area contributed by atoms with E-state index >= 15 is 0 Å². The largest absolute Gasteiger partial charge is 0.497 e. The van der Waals surface area contributed by atoms with Crippen LogP contribution in [0.1, 0.15) is 45.2 Å². The number of aromatic amines is 1. The molecule has 12 nitrogen and oxygen atoms in total. The summed E-state index contributed by atoms with van der Waals surface area (Å²) < 4.78 is 10.5. The number of fused-ring (bicyclic) bond motifs is 1. The molecule has 0 saturated heterocycles. The fourth-order valence-electron chi connectivity index (χ4n) is 3.83. The summed E-state index contributed by atoms with van der Waals surface area (Å²) in [4.78, 5) is 60.1. The highest BCUT2D eigenvalue weighted by Gasteiger charge is 2.23. The van der Waals surface area contributed by atoms with Crippen molar-refractivity contribution in [1.82, 2.24) is 25.6 Å². The van der Waals surface area contributed by atoms with Gasteiger partial charge in [0.15, 0.2) is 5.82 Å². The van der Waals surface area contributed by atoms with Crippen LogP contribution in [0.15, 0.2) is 65.6 Å². The van der Waals surface area contributed by atoms with Gasteiger partial charge in [0.25, 0.3) is 17.4 Å². The average molecular weight is 546 g/mol. The van der Waals surface area contributed by atoms with Gasteiger partial charge < -0.3 is 30.2 Å². The molecule has 0 aliphatic rings. The summed E-state index contributed by atoms with van der Waals surface area (Å²) in [5.41, 5.74) is 0.722. The van der Waals surface area contributed by atoms with Crippen LogP contribution in [0.4, 0.5) is 0 Å². The van der Waals surface area contributed by atoms with E-state index in [-0.39, 0.29) is 17.9 Å². The topological polar surface area (TPSA) is 173 Å². The van der Waals surface area contributed by atoms with Gasteiger partial charge >= 0.3 is 5.97 Å².